The van der Waals surface area contributed by atoms with Crippen molar-refractivity contribution in [3.63, 3.8) is 0 Å². The van der Waals surface area contributed by atoms with Crippen LogP contribution in [0.15, 0.2) is 36.4 Å². The normalized spacial score (nSPS) is 19.0. The molecule has 1 fully saturated rings. The lowest BCUT2D eigenvalue weighted by Gasteiger charge is -2.32. The Kier molecular flexibility index (Phi) is 5.39. The van der Waals surface area contributed by atoms with Gasteiger partial charge in [-0.2, -0.15) is 0 Å². The fourth-order valence-corrected chi connectivity index (χ4v) is 3.69. The Morgan fingerprint density at radius 1 is 1.15 bits per heavy atom. The first-order valence-electron chi connectivity index (χ1n) is 9.03. The molecule has 2 heterocycles. The average Bonchev–Trinajstić information content (AvgIpc) is 3.18. The number of carbonyl (C=O) groups is 1. The van der Waals surface area contributed by atoms with Crippen molar-refractivity contribution in [1.82, 2.24) is 5.32 Å². The molecule has 0 aliphatic carbocycles. The molecule has 1 aliphatic rings. The minimum absolute atomic E-state index is 0.113. The first-order chi connectivity index (χ1) is 12.6. The maximum absolute atomic E-state index is 12.7. The van der Waals surface area contributed by atoms with E-state index >= 15 is 0 Å². The van der Waals surface area contributed by atoms with Crippen LogP contribution in [0.1, 0.15) is 55.9 Å². The Morgan fingerprint density at radius 2 is 1.81 bits per heavy atom. The van der Waals surface area contributed by atoms with Gasteiger partial charge in [0.25, 0.3) is 5.91 Å². The van der Waals surface area contributed by atoms with Crippen molar-refractivity contribution in [2.75, 3.05) is 7.11 Å². The fourth-order valence-electron chi connectivity index (χ4n) is 2.82. The summed E-state index contributed by atoms with van der Waals surface area (Å²) in [5, 5.41) is 3.03. The van der Waals surface area contributed by atoms with Crippen molar-refractivity contribution >= 4 is 29.1 Å². The zero-order valence-corrected chi connectivity index (χ0v) is 17.5. The number of rotatable bonds is 5. The lowest BCUT2D eigenvalue weighted by Crippen LogP contribution is -2.41. The molecule has 2 aromatic rings. The third-order valence-corrected chi connectivity index (χ3v) is 6.38. The summed E-state index contributed by atoms with van der Waals surface area (Å²) in [5.74, 6) is 0.658. The van der Waals surface area contributed by atoms with E-state index in [1.165, 1.54) is 11.3 Å². The maximum atomic E-state index is 12.7. The highest BCUT2D eigenvalue weighted by atomic mass is 32.1. The number of amides is 1. The largest absolute Gasteiger partial charge is 0.505 e. The van der Waals surface area contributed by atoms with Crippen LogP contribution in [0.3, 0.4) is 0 Å². The van der Waals surface area contributed by atoms with E-state index < -0.39 is 18.3 Å². The molecule has 1 atom stereocenters. The summed E-state index contributed by atoms with van der Waals surface area (Å²) < 4.78 is 18.3. The molecular weight excluding hydrogens is 361 g/mol. The number of benzene rings is 1. The van der Waals surface area contributed by atoms with Gasteiger partial charge in [-0.05, 0) is 58.4 Å². The second-order valence-corrected chi connectivity index (χ2v) is 8.88. The molecule has 0 saturated carbocycles. The van der Waals surface area contributed by atoms with Gasteiger partial charge in [0.1, 0.15) is 5.75 Å². The van der Waals surface area contributed by atoms with E-state index in [0.29, 0.717) is 4.88 Å². The molecule has 0 bridgehead atoms. The molecule has 0 spiro atoms. The number of hydrogen-bond acceptors (Lipinski definition) is 5. The zero-order valence-electron chi connectivity index (χ0n) is 16.7. The molecular formula is C20H26BNO4S. The van der Waals surface area contributed by atoms with Gasteiger partial charge in [0.15, 0.2) is 0 Å². The van der Waals surface area contributed by atoms with E-state index in [1.807, 2.05) is 71.0 Å². The van der Waals surface area contributed by atoms with Crippen LogP contribution in [0, 0.1) is 0 Å². The van der Waals surface area contributed by atoms with Gasteiger partial charge in [-0.1, -0.05) is 18.2 Å². The molecule has 1 aromatic carbocycles. The predicted octanol–water partition coefficient (Wildman–Crippen LogP) is 3.55. The molecule has 0 radical (unpaired) electrons. The Bertz CT molecular complexity index is 817. The number of thiophene rings is 1. The minimum atomic E-state index is -0.447. The van der Waals surface area contributed by atoms with Gasteiger partial charge < -0.3 is 19.4 Å². The van der Waals surface area contributed by atoms with Gasteiger partial charge in [0, 0.05) is 4.78 Å². The van der Waals surface area contributed by atoms with E-state index in [0.717, 1.165) is 16.1 Å². The van der Waals surface area contributed by atoms with Crippen molar-refractivity contribution in [2.45, 2.75) is 51.9 Å². The monoisotopic (exact) mass is 387 g/mol. The summed E-state index contributed by atoms with van der Waals surface area (Å²) in [6.07, 6.45) is 0. The van der Waals surface area contributed by atoms with Crippen molar-refractivity contribution in [3.05, 3.63) is 46.8 Å². The Hall–Kier alpha value is -1.83. The first kappa shape index (κ1) is 19.9. The van der Waals surface area contributed by atoms with Crippen LogP contribution < -0.4 is 14.8 Å². The van der Waals surface area contributed by atoms with Gasteiger partial charge in [0.2, 0.25) is 0 Å². The molecule has 144 valence electrons. The Labute approximate surface area is 165 Å². The lowest BCUT2D eigenvalue weighted by molar-refractivity contribution is 0.00578. The molecule has 1 amide bonds. The number of hydrogen-bond donors (Lipinski definition) is 1. The number of carbonyl (C=O) groups excluding carboxylic acids is 1. The Balaban J connectivity index is 1.68. The molecule has 0 unspecified atom stereocenters. The van der Waals surface area contributed by atoms with Gasteiger partial charge in [-0.25, -0.2) is 0 Å². The maximum Gasteiger partial charge on any atom is 0.505 e. The topological polar surface area (TPSA) is 56.8 Å². The third-order valence-electron chi connectivity index (χ3n) is 5.28. The minimum Gasteiger partial charge on any atom is -0.497 e. The second-order valence-electron chi connectivity index (χ2n) is 7.76. The third kappa shape index (κ3) is 4.05. The molecule has 3 rings (SSSR count). The summed E-state index contributed by atoms with van der Waals surface area (Å²) >= 11 is 1.40. The van der Waals surface area contributed by atoms with E-state index in [4.69, 9.17) is 14.0 Å². The van der Waals surface area contributed by atoms with Crippen molar-refractivity contribution in [2.24, 2.45) is 0 Å². The summed E-state index contributed by atoms with van der Waals surface area (Å²) in [6.45, 7) is 10.0. The summed E-state index contributed by atoms with van der Waals surface area (Å²) in [4.78, 5) is 13.3. The van der Waals surface area contributed by atoms with Crippen LogP contribution in [0.25, 0.3) is 0 Å². The van der Waals surface area contributed by atoms with Crippen LogP contribution >= 0.6 is 11.3 Å². The Morgan fingerprint density at radius 3 is 2.44 bits per heavy atom. The number of nitrogens with one attached hydrogen (secondary N) is 1. The van der Waals surface area contributed by atoms with Crippen molar-refractivity contribution in [3.8, 4) is 5.75 Å². The number of methoxy groups -OCH3 is 1. The average molecular weight is 387 g/mol. The van der Waals surface area contributed by atoms with E-state index in [2.05, 4.69) is 5.32 Å². The van der Waals surface area contributed by atoms with E-state index in [9.17, 15) is 4.79 Å². The highest BCUT2D eigenvalue weighted by Crippen LogP contribution is 2.37. The van der Waals surface area contributed by atoms with Gasteiger partial charge in [-0.3, -0.25) is 4.79 Å². The van der Waals surface area contributed by atoms with Gasteiger partial charge in [0.05, 0.1) is 29.2 Å². The van der Waals surface area contributed by atoms with Crippen LogP contribution in [-0.2, 0) is 9.31 Å². The van der Waals surface area contributed by atoms with E-state index in [1.54, 1.807) is 7.11 Å². The highest BCUT2D eigenvalue weighted by molar-refractivity contribution is 7.23. The second kappa shape index (κ2) is 7.30. The van der Waals surface area contributed by atoms with Crippen molar-refractivity contribution < 1.29 is 18.8 Å². The predicted molar refractivity (Wildman–Crippen MR) is 109 cm³/mol. The van der Waals surface area contributed by atoms with Crippen LogP contribution in [0.5, 0.6) is 5.75 Å². The van der Waals surface area contributed by atoms with Crippen LogP contribution in [0.4, 0.5) is 0 Å². The first-order valence-corrected chi connectivity index (χ1v) is 9.85. The standard InChI is InChI=1S/C20H26BNO4S/c1-13(14-8-7-9-15(12-14)24-6)22-18(23)16-10-11-17(27-16)21-25-19(2,3)20(4,5)26-21/h7-13H,1-6H3,(H,22,23)/t13-/m1/s1. The van der Waals surface area contributed by atoms with Crippen LogP contribution in [-0.4, -0.2) is 31.3 Å². The smallest absolute Gasteiger partial charge is 0.497 e. The molecule has 1 N–H and O–H groups in total. The highest BCUT2D eigenvalue weighted by Gasteiger charge is 2.52. The van der Waals surface area contributed by atoms with Gasteiger partial charge in [-0.15, -0.1) is 11.3 Å². The quantitative estimate of drug-likeness (QED) is 0.798. The van der Waals surface area contributed by atoms with E-state index in [-0.39, 0.29) is 11.9 Å². The molecule has 1 saturated heterocycles. The molecule has 7 heteroatoms. The molecule has 27 heavy (non-hydrogen) atoms. The molecule has 1 aromatic heterocycles. The molecule has 5 nitrogen and oxygen atoms in total. The lowest BCUT2D eigenvalue weighted by atomic mass is 9.88. The summed E-state index contributed by atoms with van der Waals surface area (Å²) in [5.41, 5.74) is 0.195. The summed E-state index contributed by atoms with van der Waals surface area (Å²) in [6, 6.07) is 11.3. The number of ether oxygens (including phenoxy) is 1. The fraction of sp³-hybridized carbons (Fsp3) is 0.450. The van der Waals surface area contributed by atoms with Crippen LogP contribution in [0.2, 0.25) is 0 Å². The summed E-state index contributed by atoms with van der Waals surface area (Å²) in [7, 11) is 1.18. The van der Waals surface area contributed by atoms with Gasteiger partial charge >= 0.3 is 7.12 Å². The molecule has 1 aliphatic heterocycles. The zero-order chi connectivity index (χ0) is 19.8. The SMILES string of the molecule is COc1cccc([C@@H](C)NC(=O)c2ccc(B3OC(C)(C)C(C)(C)O3)s2)c1. The van der Waals surface area contributed by atoms with Crippen molar-refractivity contribution in [1.29, 1.82) is 0 Å².